The van der Waals surface area contributed by atoms with Crippen molar-refractivity contribution >= 4 is 5.91 Å². The smallest absolute Gasteiger partial charge is 0.251 e. The molecule has 4 nitrogen and oxygen atoms in total. The molecule has 0 bridgehead atoms. The third-order valence-corrected chi connectivity index (χ3v) is 3.86. The molecule has 1 fully saturated rings. The van der Waals surface area contributed by atoms with Crippen molar-refractivity contribution in [1.29, 1.82) is 0 Å². The lowest BCUT2D eigenvalue weighted by Crippen LogP contribution is -2.29. The molecular formula is C17H25NO3. The number of carbonyl (C=O) groups excluding carboxylic acids is 1. The zero-order valence-corrected chi connectivity index (χ0v) is 12.9. The molecule has 4 heteroatoms. The Morgan fingerprint density at radius 1 is 1.38 bits per heavy atom. The van der Waals surface area contributed by atoms with Gasteiger partial charge in [0.2, 0.25) is 0 Å². The molecule has 1 aliphatic rings. The van der Waals surface area contributed by atoms with Crippen molar-refractivity contribution in [3.8, 4) is 5.75 Å². The quantitative estimate of drug-likeness (QED) is 0.876. The van der Waals surface area contributed by atoms with Crippen LogP contribution in [0.1, 0.15) is 43.5 Å². The predicted molar refractivity (Wildman–Crippen MR) is 82.7 cm³/mol. The molecule has 1 saturated heterocycles. The summed E-state index contributed by atoms with van der Waals surface area (Å²) in [5.41, 5.74) is 0.679. The average Bonchev–Trinajstić information content (AvgIpc) is 2.48. The van der Waals surface area contributed by atoms with Crippen LogP contribution in [0.5, 0.6) is 5.75 Å². The summed E-state index contributed by atoms with van der Waals surface area (Å²) in [5.74, 6) is 1.44. The van der Waals surface area contributed by atoms with Crippen molar-refractivity contribution in [2.45, 2.75) is 39.2 Å². The average molecular weight is 291 g/mol. The maximum atomic E-state index is 12.0. The Morgan fingerprint density at radius 3 is 2.81 bits per heavy atom. The maximum Gasteiger partial charge on any atom is 0.251 e. The van der Waals surface area contributed by atoms with Crippen molar-refractivity contribution in [2.24, 2.45) is 5.92 Å². The number of rotatable bonds is 6. The van der Waals surface area contributed by atoms with Gasteiger partial charge in [-0.15, -0.1) is 0 Å². The molecule has 21 heavy (non-hydrogen) atoms. The van der Waals surface area contributed by atoms with Gasteiger partial charge >= 0.3 is 0 Å². The van der Waals surface area contributed by atoms with E-state index in [0.29, 0.717) is 24.2 Å². The summed E-state index contributed by atoms with van der Waals surface area (Å²) in [6, 6.07) is 7.27. The minimum Gasteiger partial charge on any atom is -0.494 e. The molecule has 0 radical (unpaired) electrons. The molecule has 1 aromatic carbocycles. The molecule has 0 saturated carbocycles. The molecule has 1 heterocycles. The molecule has 116 valence electrons. The molecule has 0 spiro atoms. The molecule has 2 atom stereocenters. The van der Waals surface area contributed by atoms with Crippen LogP contribution < -0.4 is 10.1 Å². The normalized spacial score (nSPS) is 21.8. The number of hydrogen-bond donors (Lipinski definition) is 1. The van der Waals surface area contributed by atoms with Gasteiger partial charge in [0.1, 0.15) is 5.75 Å². The number of benzene rings is 1. The molecule has 2 rings (SSSR count). The summed E-state index contributed by atoms with van der Waals surface area (Å²) < 4.78 is 10.9. The molecule has 1 amide bonds. The lowest BCUT2D eigenvalue weighted by molar-refractivity contribution is 0.00109. The van der Waals surface area contributed by atoms with Crippen LogP contribution in [0, 0.1) is 5.92 Å². The molecule has 0 aromatic heterocycles. The number of carbonyl (C=O) groups is 1. The van der Waals surface area contributed by atoms with Gasteiger partial charge in [-0.25, -0.2) is 0 Å². The van der Waals surface area contributed by atoms with Gasteiger partial charge in [-0.1, -0.05) is 0 Å². The molecular weight excluding hydrogens is 266 g/mol. The summed E-state index contributed by atoms with van der Waals surface area (Å²) >= 11 is 0. The first-order valence-electron chi connectivity index (χ1n) is 7.81. The summed E-state index contributed by atoms with van der Waals surface area (Å²) in [7, 11) is 0. The Balaban J connectivity index is 1.73. The fraction of sp³-hybridized carbons (Fsp3) is 0.588. The third-order valence-electron chi connectivity index (χ3n) is 3.86. The Labute approximate surface area is 126 Å². The second kappa shape index (κ2) is 8.03. The van der Waals surface area contributed by atoms with E-state index in [2.05, 4.69) is 12.2 Å². The van der Waals surface area contributed by atoms with Crippen LogP contribution in [0.2, 0.25) is 0 Å². The van der Waals surface area contributed by atoms with Crippen LogP contribution in [0.15, 0.2) is 24.3 Å². The summed E-state index contributed by atoms with van der Waals surface area (Å²) in [6.07, 6.45) is 3.57. The zero-order valence-electron chi connectivity index (χ0n) is 12.9. The standard InChI is InChI=1S/C17H25NO3/c1-3-20-16-6-4-15(5-7-16)17(19)18-10-8-14-9-11-21-13(2)12-14/h4-7,13-14H,3,8-12H2,1-2H3,(H,18,19)/t13-,14-/m1/s1. The first-order valence-corrected chi connectivity index (χ1v) is 7.81. The second-order valence-electron chi connectivity index (χ2n) is 5.57. The topological polar surface area (TPSA) is 47.6 Å². The molecule has 1 aromatic rings. The molecule has 0 unspecified atom stereocenters. The van der Waals surface area contributed by atoms with E-state index in [1.165, 1.54) is 0 Å². The lowest BCUT2D eigenvalue weighted by atomic mass is 9.93. The fourth-order valence-electron chi connectivity index (χ4n) is 2.71. The van der Waals surface area contributed by atoms with Gasteiger partial charge in [0, 0.05) is 18.7 Å². The van der Waals surface area contributed by atoms with E-state index >= 15 is 0 Å². The Kier molecular flexibility index (Phi) is 6.05. The Morgan fingerprint density at radius 2 is 2.14 bits per heavy atom. The van der Waals surface area contributed by atoms with Gasteiger partial charge in [-0.2, -0.15) is 0 Å². The summed E-state index contributed by atoms with van der Waals surface area (Å²) in [4.78, 5) is 12.0. The largest absolute Gasteiger partial charge is 0.494 e. The summed E-state index contributed by atoms with van der Waals surface area (Å²) in [6.45, 7) is 6.26. The number of nitrogens with one attached hydrogen (secondary N) is 1. The van der Waals surface area contributed by atoms with E-state index in [0.717, 1.165) is 38.2 Å². The van der Waals surface area contributed by atoms with Crippen LogP contribution in [-0.2, 0) is 4.74 Å². The van der Waals surface area contributed by atoms with E-state index in [9.17, 15) is 4.79 Å². The number of hydrogen-bond acceptors (Lipinski definition) is 3. The van der Waals surface area contributed by atoms with Crippen molar-refractivity contribution in [2.75, 3.05) is 19.8 Å². The van der Waals surface area contributed by atoms with E-state index in [1.807, 2.05) is 19.1 Å². The molecule has 1 N–H and O–H groups in total. The van der Waals surface area contributed by atoms with Gasteiger partial charge in [0.25, 0.3) is 5.91 Å². The monoisotopic (exact) mass is 291 g/mol. The minimum absolute atomic E-state index is 0.0156. The van der Waals surface area contributed by atoms with Crippen molar-refractivity contribution in [1.82, 2.24) is 5.32 Å². The van der Waals surface area contributed by atoms with E-state index in [-0.39, 0.29) is 5.91 Å². The fourth-order valence-corrected chi connectivity index (χ4v) is 2.71. The highest BCUT2D eigenvalue weighted by Crippen LogP contribution is 2.22. The van der Waals surface area contributed by atoms with Gasteiger partial charge in [0.15, 0.2) is 0 Å². The van der Waals surface area contributed by atoms with Gasteiger partial charge < -0.3 is 14.8 Å². The van der Waals surface area contributed by atoms with Crippen LogP contribution in [0.25, 0.3) is 0 Å². The highest BCUT2D eigenvalue weighted by Gasteiger charge is 2.19. The first-order chi connectivity index (χ1) is 10.2. The predicted octanol–water partition coefficient (Wildman–Crippen LogP) is 3.02. The maximum absolute atomic E-state index is 12.0. The van der Waals surface area contributed by atoms with Crippen LogP contribution >= 0.6 is 0 Å². The number of ether oxygens (including phenoxy) is 2. The van der Waals surface area contributed by atoms with Crippen molar-refractivity contribution in [3.63, 3.8) is 0 Å². The van der Waals surface area contributed by atoms with Gasteiger partial charge in [-0.05, 0) is 63.3 Å². The molecule has 0 aliphatic carbocycles. The molecule has 1 aliphatic heterocycles. The van der Waals surface area contributed by atoms with Crippen LogP contribution in [0.4, 0.5) is 0 Å². The van der Waals surface area contributed by atoms with Crippen LogP contribution in [-0.4, -0.2) is 31.8 Å². The first kappa shape index (κ1) is 15.8. The Hall–Kier alpha value is -1.55. The summed E-state index contributed by atoms with van der Waals surface area (Å²) in [5, 5.41) is 2.99. The third kappa shape index (κ3) is 5.05. The SMILES string of the molecule is CCOc1ccc(C(=O)NCC[C@@H]2CCO[C@H](C)C2)cc1. The zero-order chi connectivity index (χ0) is 15.1. The van der Waals surface area contributed by atoms with Gasteiger partial charge in [0.05, 0.1) is 12.7 Å². The van der Waals surface area contributed by atoms with Crippen molar-refractivity contribution < 1.29 is 14.3 Å². The van der Waals surface area contributed by atoms with Crippen LogP contribution in [0.3, 0.4) is 0 Å². The van der Waals surface area contributed by atoms with Gasteiger partial charge in [-0.3, -0.25) is 4.79 Å². The van der Waals surface area contributed by atoms with Crippen molar-refractivity contribution in [3.05, 3.63) is 29.8 Å². The highest BCUT2D eigenvalue weighted by molar-refractivity contribution is 5.94. The lowest BCUT2D eigenvalue weighted by Gasteiger charge is -2.27. The van der Waals surface area contributed by atoms with E-state index < -0.39 is 0 Å². The second-order valence-corrected chi connectivity index (χ2v) is 5.57. The van der Waals surface area contributed by atoms with E-state index in [1.54, 1.807) is 12.1 Å². The highest BCUT2D eigenvalue weighted by atomic mass is 16.5. The van der Waals surface area contributed by atoms with E-state index in [4.69, 9.17) is 9.47 Å². The Bertz CT molecular complexity index is 444. The minimum atomic E-state index is -0.0156. The number of amides is 1.